The average Bonchev–Trinajstić information content (AvgIpc) is 3.16. The maximum Gasteiger partial charge on any atom is 0.416 e. The molecule has 1 N–H and O–H groups in total. The van der Waals surface area contributed by atoms with Crippen LogP contribution in [0.4, 0.5) is 31.1 Å². The molecular formula is C28H31F6NO4. The van der Waals surface area contributed by atoms with Crippen LogP contribution in [0.1, 0.15) is 57.1 Å². The first kappa shape index (κ1) is 29.0. The molecule has 0 saturated carbocycles. The van der Waals surface area contributed by atoms with E-state index < -0.39 is 53.6 Å². The highest BCUT2D eigenvalue weighted by atomic mass is 19.4. The van der Waals surface area contributed by atoms with Gasteiger partial charge in [0.15, 0.2) is 0 Å². The number of methoxy groups -OCH3 is 1. The van der Waals surface area contributed by atoms with Gasteiger partial charge in [-0.1, -0.05) is 19.1 Å². The number of hydrogen-bond acceptors (Lipinski definition) is 4. The van der Waals surface area contributed by atoms with Crippen LogP contribution in [0, 0.1) is 5.41 Å². The predicted octanol–water partition coefficient (Wildman–Crippen LogP) is 7.11. The molecule has 39 heavy (non-hydrogen) atoms. The van der Waals surface area contributed by atoms with Crippen molar-refractivity contribution in [3.05, 3.63) is 58.2 Å². The van der Waals surface area contributed by atoms with Crippen LogP contribution in [0.25, 0.3) is 5.57 Å². The molecule has 3 unspecified atom stereocenters. The van der Waals surface area contributed by atoms with Crippen molar-refractivity contribution in [2.24, 2.45) is 5.41 Å². The van der Waals surface area contributed by atoms with E-state index in [-0.39, 0.29) is 19.2 Å². The van der Waals surface area contributed by atoms with Gasteiger partial charge in [0.2, 0.25) is 0 Å². The number of carbonyl (C=O) groups is 1. The number of carbonyl (C=O) groups excluding carboxylic acids is 1. The van der Waals surface area contributed by atoms with E-state index >= 15 is 0 Å². The van der Waals surface area contributed by atoms with E-state index in [0.717, 1.165) is 35.6 Å². The first-order valence-electron chi connectivity index (χ1n) is 12.7. The van der Waals surface area contributed by atoms with Gasteiger partial charge in [-0.25, -0.2) is 4.79 Å². The molecule has 1 saturated heterocycles. The molecule has 0 spiro atoms. The van der Waals surface area contributed by atoms with Gasteiger partial charge >= 0.3 is 18.4 Å². The maximum absolute atomic E-state index is 13.6. The summed E-state index contributed by atoms with van der Waals surface area (Å²) in [5, 5.41) is 9.96. The largest absolute Gasteiger partial charge is 0.497 e. The van der Waals surface area contributed by atoms with Crippen molar-refractivity contribution in [1.29, 1.82) is 0 Å². The molecule has 1 aliphatic heterocycles. The van der Waals surface area contributed by atoms with Crippen molar-refractivity contribution >= 4 is 11.7 Å². The summed E-state index contributed by atoms with van der Waals surface area (Å²) < 4.78 is 92.3. The van der Waals surface area contributed by atoms with Crippen molar-refractivity contribution in [2.45, 2.75) is 77.1 Å². The lowest BCUT2D eigenvalue weighted by Gasteiger charge is -2.38. The first-order valence-corrected chi connectivity index (χ1v) is 12.7. The predicted molar refractivity (Wildman–Crippen MR) is 132 cm³/mol. The summed E-state index contributed by atoms with van der Waals surface area (Å²) in [5.74, 6) is 0.583. The fraction of sp³-hybridized carbons (Fsp3) is 0.536. The molecule has 0 bridgehead atoms. The Morgan fingerprint density at radius 3 is 2.44 bits per heavy atom. The van der Waals surface area contributed by atoms with E-state index in [1.165, 1.54) is 18.9 Å². The molecule has 1 fully saturated rings. The van der Waals surface area contributed by atoms with E-state index in [2.05, 4.69) is 0 Å². The monoisotopic (exact) mass is 559 g/mol. The minimum Gasteiger partial charge on any atom is -0.497 e. The van der Waals surface area contributed by atoms with E-state index in [9.17, 15) is 36.2 Å². The van der Waals surface area contributed by atoms with Crippen LogP contribution in [0.3, 0.4) is 0 Å². The maximum atomic E-state index is 13.6. The first-order chi connectivity index (χ1) is 18.2. The molecule has 1 heterocycles. The third-order valence-electron chi connectivity index (χ3n) is 7.87. The molecule has 3 atom stereocenters. The van der Waals surface area contributed by atoms with Gasteiger partial charge in [-0.15, -0.1) is 0 Å². The van der Waals surface area contributed by atoms with Crippen LogP contribution in [-0.2, 0) is 11.3 Å². The number of rotatable bonds is 6. The molecule has 1 aromatic carbocycles. The molecule has 0 radical (unpaired) electrons. The summed E-state index contributed by atoms with van der Waals surface area (Å²) in [5.41, 5.74) is -1.08. The van der Waals surface area contributed by atoms with E-state index in [4.69, 9.17) is 9.47 Å². The standard InChI is InChI=1S/C28H31F6NO4/c1-16-24(26(2)12-19(27(29,30)31)11-20(13-26)28(32,33)34)39-25(37)35(16)14-17-6-4-5-7-22(17)23-9-8-21(38-3)10-18(23)15-36/h8-12,16,24,36H,4-7,13-15H2,1-3H3. The second-order valence-corrected chi connectivity index (χ2v) is 10.6. The number of aliphatic hydroxyl groups is 1. The zero-order valence-corrected chi connectivity index (χ0v) is 21.9. The Hall–Kier alpha value is -2.95. The number of allylic oxidation sites excluding steroid dienone is 4. The number of aliphatic hydroxyl groups excluding tert-OH is 1. The zero-order chi connectivity index (χ0) is 28.8. The van der Waals surface area contributed by atoms with Crippen molar-refractivity contribution in [2.75, 3.05) is 13.7 Å². The molecule has 5 nitrogen and oxygen atoms in total. The zero-order valence-electron chi connectivity index (χ0n) is 21.9. The third kappa shape index (κ3) is 5.83. The molecule has 11 heteroatoms. The van der Waals surface area contributed by atoms with Crippen LogP contribution in [0.5, 0.6) is 5.75 Å². The number of amides is 1. The summed E-state index contributed by atoms with van der Waals surface area (Å²) in [7, 11) is 1.52. The van der Waals surface area contributed by atoms with Gasteiger partial charge < -0.3 is 14.6 Å². The molecule has 214 valence electrons. The van der Waals surface area contributed by atoms with Crippen LogP contribution in [0.15, 0.2) is 47.1 Å². The van der Waals surface area contributed by atoms with Crippen molar-refractivity contribution < 1.29 is 45.7 Å². The van der Waals surface area contributed by atoms with Crippen molar-refractivity contribution in [3.63, 3.8) is 0 Å². The van der Waals surface area contributed by atoms with Gasteiger partial charge in [0.1, 0.15) is 11.9 Å². The second-order valence-electron chi connectivity index (χ2n) is 10.6. The van der Waals surface area contributed by atoms with E-state index in [1.54, 1.807) is 19.1 Å². The normalized spacial score (nSPS) is 26.4. The Labute approximate surface area is 222 Å². The van der Waals surface area contributed by atoms with Gasteiger partial charge in [-0.3, -0.25) is 4.90 Å². The van der Waals surface area contributed by atoms with Crippen molar-refractivity contribution in [1.82, 2.24) is 4.90 Å². The summed E-state index contributed by atoms with van der Waals surface area (Å²) >= 11 is 0. The lowest BCUT2D eigenvalue weighted by atomic mass is 9.71. The van der Waals surface area contributed by atoms with E-state index in [0.29, 0.717) is 24.2 Å². The number of halogens is 6. The molecule has 1 aromatic rings. The number of ether oxygens (including phenoxy) is 2. The molecule has 3 aliphatic rings. The SMILES string of the molecule is COc1ccc(C2=C(CN3C(=O)OC(C4(C)C=C(C(F)(F)F)C=C(C(F)(F)F)C4)C3C)CCCC2)c(CO)c1. The molecule has 2 aliphatic carbocycles. The van der Waals surface area contributed by atoms with Gasteiger partial charge in [0.05, 0.1) is 25.3 Å². The molecular weight excluding hydrogens is 528 g/mol. The van der Waals surface area contributed by atoms with Crippen molar-refractivity contribution in [3.8, 4) is 5.75 Å². The fourth-order valence-corrected chi connectivity index (χ4v) is 5.92. The number of hydrogen-bond donors (Lipinski definition) is 1. The Balaban J connectivity index is 1.66. The van der Waals surface area contributed by atoms with Crippen LogP contribution < -0.4 is 4.74 Å². The number of nitrogens with zero attached hydrogens (tertiary/aromatic N) is 1. The average molecular weight is 560 g/mol. The molecule has 0 aromatic heterocycles. The van der Waals surface area contributed by atoms with Gasteiger partial charge in [-0.2, -0.15) is 26.3 Å². The van der Waals surface area contributed by atoms with E-state index in [1.807, 2.05) is 6.07 Å². The summed E-state index contributed by atoms with van der Waals surface area (Å²) in [4.78, 5) is 14.4. The Bertz CT molecular complexity index is 1220. The minimum absolute atomic E-state index is 0.122. The summed E-state index contributed by atoms with van der Waals surface area (Å²) in [6.07, 6.45) is -8.70. The van der Waals surface area contributed by atoms with Gasteiger partial charge in [0, 0.05) is 17.5 Å². The fourth-order valence-electron chi connectivity index (χ4n) is 5.92. The highest BCUT2D eigenvalue weighted by molar-refractivity contribution is 5.75. The van der Waals surface area contributed by atoms with Gasteiger partial charge in [-0.05, 0) is 79.5 Å². The Kier molecular flexibility index (Phi) is 7.86. The number of alkyl halides is 6. The van der Waals surface area contributed by atoms with Crippen LogP contribution >= 0.6 is 0 Å². The topological polar surface area (TPSA) is 59.0 Å². The highest BCUT2D eigenvalue weighted by Crippen LogP contribution is 2.49. The number of cyclic esters (lactones) is 1. The highest BCUT2D eigenvalue weighted by Gasteiger charge is 2.54. The minimum atomic E-state index is -4.99. The van der Waals surface area contributed by atoms with Gasteiger partial charge in [0.25, 0.3) is 0 Å². The lowest BCUT2D eigenvalue weighted by molar-refractivity contribution is -0.105. The van der Waals surface area contributed by atoms with Crippen LogP contribution in [-0.4, -0.2) is 54.3 Å². The van der Waals surface area contributed by atoms with Crippen LogP contribution in [0.2, 0.25) is 0 Å². The smallest absolute Gasteiger partial charge is 0.416 e. The quantitative estimate of drug-likeness (QED) is 0.378. The summed E-state index contributed by atoms with van der Waals surface area (Å²) in [6, 6.07) is 4.57. The third-order valence-corrected chi connectivity index (χ3v) is 7.87. The molecule has 1 amide bonds. The Morgan fingerprint density at radius 1 is 1.13 bits per heavy atom. The summed E-state index contributed by atoms with van der Waals surface area (Å²) in [6.45, 7) is 2.75. The second kappa shape index (κ2) is 10.6. The molecule has 4 rings (SSSR count). The lowest BCUT2D eigenvalue weighted by Crippen LogP contribution is -2.44. The number of benzene rings is 1. The Morgan fingerprint density at radius 2 is 1.82 bits per heavy atom.